The van der Waals surface area contributed by atoms with Crippen molar-refractivity contribution in [2.45, 2.75) is 29.2 Å². The number of nitrogens with two attached hydrogens (primary N) is 1. The summed E-state index contributed by atoms with van der Waals surface area (Å²) in [7, 11) is -3.13. The highest BCUT2D eigenvalue weighted by molar-refractivity contribution is 7.94. The monoisotopic (exact) mass is 233 g/mol. The van der Waals surface area contributed by atoms with E-state index in [0.29, 0.717) is 23.6 Å². The van der Waals surface area contributed by atoms with Gasteiger partial charge in [-0.2, -0.15) is 0 Å². The molecule has 0 bridgehead atoms. The predicted molar refractivity (Wildman–Crippen MR) is 59.3 cm³/mol. The molecule has 0 spiro atoms. The molecule has 0 saturated carbocycles. The van der Waals surface area contributed by atoms with Crippen LogP contribution in [0.2, 0.25) is 0 Å². The molecule has 0 aromatic carbocycles. The van der Waals surface area contributed by atoms with Gasteiger partial charge in [-0.25, -0.2) is 8.42 Å². The van der Waals surface area contributed by atoms with Crippen LogP contribution in [0.4, 0.5) is 0 Å². The Labute approximate surface area is 88.9 Å². The first-order valence-corrected chi connectivity index (χ1v) is 7.03. The summed E-state index contributed by atoms with van der Waals surface area (Å²) in [6.45, 7) is 2.30. The van der Waals surface area contributed by atoms with Gasteiger partial charge in [-0.3, -0.25) is 0 Å². The van der Waals surface area contributed by atoms with Gasteiger partial charge < -0.3 is 5.73 Å². The molecule has 0 aliphatic heterocycles. The van der Waals surface area contributed by atoms with E-state index in [-0.39, 0.29) is 5.25 Å². The smallest absolute Gasteiger partial charge is 0.190 e. The predicted octanol–water partition coefficient (Wildman–Crippen LogP) is 1.65. The lowest BCUT2D eigenvalue weighted by Gasteiger charge is -2.12. The molecule has 2 N–H and O–H groups in total. The van der Waals surface area contributed by atoms with Gasteiger partial charge in [0.05, 0.1) is 5.25 Å². The van der Waals surface area contributed by atoms with Crippen molar-refractivity contribution < 1.29 is 8.42 Å². The highest BCUT2D eigenvalue weighted by atomic mass is 32.2. The van der Waals surface area contributed by atoms with Crippen molar-refractivity contribution in [3.63, 3.8) is 0 Å². The molecule has 14 heavy (non-hydrogen) atoms. The zero-order chi connectivity index (χ0) is 10.6. The first-order chi connectivity index (χ1) is 6.62. The summed E-state index contributed by atoms with van der Waals surface area (Å²) in [5.74, 6) is 0. The number of hydrogen-bond donors (Lipinski definition) is 1. The van der Waals surface area contributed by atoms with Gasteiger partial charge in [0.15, 0.2) is 9.84 Å². The normalized spacial score (nSPS) is 14.1. The SMILES string of the molecule is CCC(CCN)S(=O)(=O)c1cccs1. The van der Waals surface area contributed by atoms with E-state index in [0.717, 1.165) is 0 Å². The first kappa shape index (κ1) is 11.7. The highest BCUT2D eigenvalue weighted by Gasteiger charge is 2.25. The number of rotatable bonds is 5. The maximum atomic E-state index is 12.0. The van der Waals surface area contributed by atoms with E-state index >= 15 is 0 Å². The molecule has 3 nitrogen and oxygen atoms in total. The van der Waals surface area contributed by atoms with E-state index < -0.39 is 9.84 Å². The van der Waals surface area contributed by atoms with Crippen LogP contribution in [0.25, 0.3) is 0 Å². The molecule has 0 saturated heterocycles. The summed E-state index contributed by atoms with van der Waals surface area (Å²) >= 11 is 1.27. The summed E-state index contributed by atoms with van der Waals surface area (Å²) in [5.41, 5.74) is 5.39. The lowest BCUT2D eigenvalue weighted by Crippen LogP contribution is -2.23. The fourth-order valence-electron chi connectivity index (χ4n) is 1.35. The van der Waals surface area contributed by atoms with Gasteiger partial charge in [0.1, 0.15) is 4.21 Å². The quantitative estimate of drug-likeness (QED) is 0.841. The third-order valence-corrected chi connectivity index (χ3v) is 5.95. The van der Waals surface area contributed by atoms with Crippen molar-refractivity contribution in [2.24, 2.45) is 5.73 Å². The summed E-state index contributed by atoms with van der Waals surface area (Å²) < 4.78 is 24.4. The van der Waals surface area contributed by atoms with Crippen molar-refractivity contribution >= 4 is 21.2 Å². The fraction of sp³-hybridized carbons (Fsp3) is 0.556. The summed E-state index contributed by atoms with van der Waals surface area (Å²) in [5, 5.41) is 1.45. The molecule has 1 rings (SSSR count). The fourth-order valence-corrected chi connectivity index (χ4v) is 4.40. The zero-order valence-electron chi connectivity index (χ0n) is 8.14. The lowest BCUT2D eigenvalue weighted by atomic mass is 10.2. The third kappa shape index (κ3) is 2.34. The Morgan fingerprint density at radius 3 is 2.71 bits per heavy atom. The molecule has 5 heteroatoms. The first-order valence-electron chi connectivity index (χ1n) is 4.60. The van der Waals surface area contributed by atoms with Gasteiger partial charge in [0.2, 0.25) is 0 Å². The minimum Gasteiger partial charge on any atom is -0.330 e. The van der Waals surface area contributed by atoms with Gasteiger partial charge in [0, 0.05) is 0 Å². The van der Waals surface area contributed by atoms with Crippen LogP contribution in [0.1, 0.15) is 19.8 Å². The van der Waals surface area contributed by atoms with Crippen molar-refractivity contribution in [3.8, 4) is 0 Å². The summed E-state index contributed by atoms with van der Waals surface area (Å²) in [4.78, 5) is 0. The topological polar surface area (TPSA) is 60.2 Å². The van der Waals surface area contributed by atoms with E-state index in [9.17, 15) is 8.42 Å². The van der Waals surface area contributed by atoms with Gasteiger partial charge in [-0.05, 0) is 30.8 Å². The van der Waals surface area contributed by atoms with Gasteiger partial charge in [-0.15, -0.1) is 11.3 Å². The van der Waals surface area contributed by atoms with Gasteiger partial charge in [0.25, 0.3) is 0 Å². The van der Waals surface area contributed by atoms with Crippen LogP contribution in [-0.2, 0) is 9.84 Å². The maximum absolute atomic E-state index is 12.0. The van der Waals surface area contributed by atoms with Crippen molar-refractivity contribution in [1.29, 1.82) is 0 Å². The molecular weight excluding hydrogens is 218 g/mol. The van der Waals surface area contributed by atoms with Gasteiger partial charge >= 0.3 is 0 Å². The van der Waals surface area contributed by atoms with Crippen molar-refractivity contribution in [1.82, 2.24) is 0 Å². The number of sulfone groups is 1. The van der Waals surface area contributed by atoms with Crippen LogP contribution in [0, 0.1) is 0 Å². The second-order valence-corrected chi connectivity index (χ2v) is 6.49. The van der Waals surface area contributed by atoms with Crippen molar-refractivity contribution in [2.75, 3.05) is 6.54 Å². The van der Waals surface area contributed by atoms with E-state index in [1.807, 2.05) is 6.92 Å². The van der Waals surface area contributed by atoms with Gasteiger partial charge in [-0.1, -0.05) is 13.0 Å². The second kappa shape index (κ2) is 4.91. The highest BCUT2D eigenvalue weighted by Crippen LogP contribution is 2.24. The Morgan fingerprint density at radius 2 is 2.29 bits per heavy atom. The zero-order valence-corrected chi connectivity index (χ0v) is 9.77. The molecule has 0 amide bonds. The Kier molecular flexibility index (Phi) is 4.10. The number of hydrogen-bond acceptors (Lipinski definition) is 4. The molecular formula is C9H15NO2S2. The summed E-state index contributed by atoms with van der Waals surface area (Å²) in [6.07, 6.45) is 1.16. The third-order valence-electron chi connectivity index (χ3n) is 2.16. The standard InChI is InChI=1S/C9H15NO2S2/c1-2-8(5-6-10)14(11,12)9-4-3-7-13-9/h3-4,7-8H,2,5-6,10H2,1H3. The minimum atomic E-state index is -3.13. The Hall–Kier alpha value is -0.390. The molecule has 1 heterocycles. The molecule has 0 radical (unpaired) electrons. The lowest BCUT2D eigenvalue weighted by molar-refractivity contribution is 0.569. The van der Waals surface area contributed by atoms with Crippen molar-refractivity contribution in [3.05, 3.63) is 17.5 Å². The Balaban J connectivity index is 2.94. The van der Waals surface area contributed by atoms with E-state index in [1.165, 1.54) is 11.3 Å². The molecule has 0 aliphatic rings. The van der Waals surface area contributed by atoms with Crippen LogP contribution in [0.15, 0.2) is 21.7 Å². The van der Waals surface area contributed by atoms with Crippen LogP contribution in [0.5, 0.6) is 0 Å². The average Bonchev–Trinajstić information content (AvgIpc) is 2.66. The van der Waals surface area contributed by atoms with Crippen LogP contribution >= 0.6 is 11.3 Å². The van der Waals surface area contributed by atoms with Crippen LogP contribution < -0.4 is 5.73 Å². The number of thiophene rings is 1. The molecule has 1 aromatic rings. The van der Waals surface area contributed by atoms with E-state index in [4.69, 9.17) is 5.73 Å². The van der Waals surface area contributed by atoms with E-state index in [1.54, 1.807) is 17.5 Å². The molecule has 0 aliphatic carbocycles. The minimum absolute atomic E-state index is 0.328. The molecule has 0 fully saturated rings. The Bertz CT molecular complexity index is 356. The largest absolute Gasteiger partial charge is 0.330 e. The summed E-state index contributed by atoms with van der Waals surface area (Å²) in [6, 6.07) is 3.41. The van der Waals surface area contributed by atoms with Crippen LogP contribution in [-0.4, -0.2) is 20.2 Å². The van der Waals surface area contributed by atoms with E-state index in [2.05, 4.69) is 0 Å². The molecule has 80 valence electrons. The van der Waals surface area contributed by atoms with Crippen LogP contribution in [0.3, 0.4) is 0 Å². The Morgan fingerprint density at radius 1 is 1.57 bits per heavy atom. The molecule has 1 unspecified atom stereocenters. The molecule has 1 atom stereocenters. The second-order valence-electron chi connectivity index (χ2n) is 3.08. The molecule has 1 aromatic heterocycles. The average molecular weight is 233 g/mol. The maximum Gasteiger partial charge on any atom is 0.190 e.